The topological polar surface area (TPSA) is 57.2 Å². The summed E-state index contributed by atoms with van der Waals surface area (Å²) < 4.78 is 22.5. The van der Waals surface area contributed by atoms with E-state index in [1.54, 1.807) is 13.0 Å². The van der Waals surface area contributed by atoms with E-state index in [4.69, 9.17) is 18.9 Å². The molecule has 0 radical (unpaired) electrons. The van der Waals surface area contributed by atoms with E-state index in [2.05, 4.69) is 6.58 Å². The number of hydrogen-bond acceptors (Lipinski definition) is 5. The van der Waals surface area contributed by atoms with Gasteiger partial charge in [0, 0.05) is 0 Å². The van der Waals surface area contributed by atoms with E-state index in [0.717, 1.165) is 0 Å². The molecule has 5 heteroatoms. The Kier molecular flexibility index (Phi) is 3.56. The monoisotopic (exact) mass is 244 g/mol. The number of hydrogen-bond donors (Lipinski definition) is 1. The molecule has 0 saturated carbocycles. The predicted molar refractivity (Wildman–Crippen MR) is 60.3 cm³/mol. The van der Waals surface area contributed by atoms with Crippen LogP contribution in [0.15, 0.2) is 12.7 Å². The van der Waals surface area contributed by atoms with Gasteiger partial charge < -0.3 is 24.1 Å². The molecule has 2 saturated heterocycles. The van der Waals surface area contributed by atoms with E-state index in [1.807, 2.05) is 13.8 Å². The smallest absolute Gasteiger partial charge is 0.187 e. The van der Waals surface area contributed by atoms with Gasteiger partial charge in [0.25, 0.3) is 0 Å². The van der Waals surface area contributed by atoms with Gasteiger partial charge in [0.2, 0.25) is 0 Å². The lowest BCUT2D eigenvalue weighted by atomic mass is 10.0. The average molecular weight is 244 g/mol. The van der Waals surface area contributed by atoms with Crippen molar-refractivity contribution < 1.29 is 24.1 Å². The lowest BCUT2D eigenvalue weighted by Gasteiger charge is -2.38. The average Bonchev–Trinajstić information content (AvgIpc) is 2.58. The third kappa shape index (κ3) is 2.53. The zero-order valence-corrected chi connectivity index (χ0v) is 10.5. The highest BCUT2D eigenvalue weighted by Crippen LogP contribution is 2.37. The van der Waals surface area contributed by atoms with Crippen LogP contribution in [0.3, 0.4) is 0 Å². The Morgan fingerprint density at radius 1 is 1.35 bits per heavy atom. The zero-order chi connectivity index (χ0) is 12.6. The Bertz CT molecular complexity index is 291. The standard InChI is InChI=1S/C12H20O5/c1-5-6-14-11-10-9(8(13)7(2)15-11)16-12(3,4)17-10/h5,7-11,13H,1,6H2,2-4H3/t7-,8+,9?,10?,11-/m1/s1. The van der Waals surface area contributed by atoms with Crippen LogP contribution in [-0.4, -0.2) is 48.2 Å². The number of aliphatic hydroxyl groups excluding tert-OH is 1. The van der Waals surface area contributed by atoms with E-state index in [1.165, 1.54) is 0 Å². The van der Waals surface area contributed by atoms with E-state index in [9.17, 15) is 5.11 Å². The summed E-state index contributed by atoms with van der Waals surface area (Å²) in [4.78, 5) is 0. The van der Waals surface area contributed by atoms with Gasteiger partial charge in [-0.2, -0.15) is 0 Å². The minimum absolute atomic E-state index is 0.344. The largest absolute Gasteiger partial charge is 0.388 e. The minimum atomic E-state index is -0.723. The van der Waals surface area contributed by atoms with Gasteiger partial charge in [-0.05, 0) is 20.8 Å². The molecule has 0 amide bonds. The van der Waals surface area contributed by atoms with Gasteiger partial charge in [-0.15, -0.1) is 6.58 Å². The van der Waals surface area contributed by atoms with Crippen LogP contribution in [0.25, 0.3) is 0 Å². The molecule has 2 heterocycles. The third-order valence-corrected chi connectivity index (χ3v) is 2.98. The van der Waals surface area contributed by atoms with Gasteiger partial charge in [-0.1, -0.05) is 6.08 Å². The summed E-state index contributed by atoms with van der Waals surface area (Å²) in [6, 6.07) is 0. The Hall–Kier alpha value is -0.460. The van der Waals surface area contributed by atoms with Crippen LogP contribution < -0.4 is 0 Å². The van der Waals surface area contributed by atoms with Crippen LogP contribution in [0, 0.1) is 0 Å². The van der Waals surface area contributed by atoms with Crippen LogP contribution in [0.1, 0.15) is 20.8 Å². The van der Waals surface area contributed by atoms with Crippen LogP contribution in [0.5, 0.6) is 0 Å². The first-order chi connectivity index (χ1) is 7.94. The first-order valence-electron chi connectivity index (χ1n) is 5.86. The molecule has 5 atom stereocenters. The quantitative estimate of drug-likeness (QED) is 0.745. The zero-order valence-electron chi connectivity index (χ0n) is 10.5. The molecular formula is C12H20O5. The van der Waals surface area contributed by atoms with Gasteiger partial charge in [0.15, 0.2) is 12.1 Å². The molecule has 2 rings (SSSR count). The second-order valence-electron chi connectivity index (χ2n) is 4.89. The maximum atomic E-state index is 10.0. The molecule has 0 aromatic carbocycles. The summed E-state index contributed by atoms with van der Waals surface area (Å²) in [5.74, 6) is -0.723. The van der Waals surface area contributed by atoms with Crippen LogP contribution in [0.4, 0.5) is 0 Å². The molecule has 2 aliphatic rings. The summed E-state index contributed by atoms with van der Waals surface area (Å²) in [5, 5.41) is 10.0. The van der Waals surface area contributed by atoms with Crippen molar-refractivity contribution in [2.75, 3.05) is 6.61 Å². The number of fused-ring (bicyclic) bond motifs is 1. The molecule has 5 nitrogen and oxygen atoms in total. The van der Waals surface area contributed by atoms with Crippen molar-refractivity contribution in [1.29, 1.82) is 0 Å². The highest BCUT2D eigenvalue weighted by Gasteiger charge is 2.54. The molecule has 0 aromatic rings. The van der Waals surface area contributed by atoms with Crippen molar-refractivity contribution >= 4 is 0 Å². The lowest BCUT2D eigenvalue weighted by Crippen LogP contribution is -2.55. The summed E-state index contributed by atoms with van der Waals surface area (Å²) in [6.07, 6.45) is -0.749. The molecule has 2 unspecified atom stereocenters. The maximum absolute atomic E-state index is 10.0. The Morgan fingerprint density at radius 3 is 2.65 bits per heavy atom. The lowest BCUT2D eigenvalue weighted by molar-refractivity contribution is -0.268. The molecule has 1 N–H and O–H groups in total. The van der Waals surface area contributed by atoms with Crippen LogP contribution in [-0.2, 0) is 18.9 Å². The third-order valence-electron chi connectivity index (χ3n) is 2.98. The summed E-state index contributed by atoms with van der Waals surface area (Å²) in [6.45, 7) is 9.38. The molecular weight excluding hydrogens is 224 g/mol. The number of rotatable bonds is 3. The first kappa shape index (κ1) is 13.0. The SMILES string of the molecule is C=CCO[C@@H]1O[C@H](C)[C@H](O)C2OC(C)(C)OC21. The molecule has 98 valence electrons. The van der Waals surface area contributed by atoms with Gasteiger partial charge in [-0.3, -0.25) is 0 Å². The first-order valence-corrected chi connectivity index (χ1v) is 5.86. The van der Waals surface area contributed by atoms with E-state index < -0.39 is 30.4 Å². The molecule has 0 aliphatic carbocycles. The van der Waals surface area contributed by atoms with Crippen molar-refractivity contribution in [2.45, 2.75) is 57.3 Å². The van der Waals surface area contributed by atoms with Gasteiger partial charge in [-0.25, -0.2) is 0 Å². The number of ether oxygens (including phenoxy) is 4. The maximum Gasteiger partial charge on any atom is 0.187 e. The molecule has 0 aromatic heterocycles. The summed E-state index contributed by atoms with van der Waals surface area (Å²) in [5.41, 5.74) is 0. The van der Waals surface area contributed by atoms with E-state index >= 15 is 0 Å². The van der Waals surface area contributed by atoms with Gasteiger partial charge >= 0.3 is 0 Å². The summed E-state index contributed by atoms with van der Waals surface area (Å²) in [7, 11) is 0. The fourth-order valence-corrected chi connectivity index (χ4v) is 2.23. The highest BCUT2D eigenvalue weighted by atomic mass is 16.8. The summed E-state index contributed by atoms with van der Waals surface area (Å²) >= 11 is 0. The van der Waals surface area contributed by atoms with Crippen molar-refractivity contribution in [3.63, 3.8) is 0 Å². The van der Waals surface area contributed by atoms with Crippen molar-refractivity contribution in [3.8, 4) is 0 Å². The molecule has 2 aliphatic heterocycles. The van der Waals surface area contributed by atoms with Crippen molar-refractivity contribution in [1.82, 2.24) is 0 Å². The number of aliphatic hydroxyl groups is 1. The second kappa shape index (κ2) is 4.66. The van der Waals surface area contributed by atoms with Crippen LogP contribution >= 0.6 is 0 Å². The molecule has 0 spiro atoms. The second-order valence-corrected chi connectivity index (χ2v) is 4.89. The van der Waals surface area contributed by atoms with Crippen LogP contribution in [0.2, 0.25) is 0 Å². The molecule has 2 fully saturated rings. The van der Waals surface area contributed by atoms with Crippen molar-refractivity contribution in [2.24, 2.45) is 0 Å². The Balaban J connectivity index is 2.11. The fraction of sp³-hybridized carbons (Fsp3) is 0.833. The Morgan fingerprint density at radius 2 is 2.00 bits per heavy atom. The van der Waals surface area contributed by atoms with Gasteiger partial charge in [0.05, 0.1) is 12.7 Å². The minimum Gasteiger partial charge on any atom is -0.388 e. The molecule has 17 heavy (non-hydrogen) atoms. The van der Waals surface area contributed by atoms with Gasteiger partial charge in [0.1, 0.15) is 18.3 Å². The van der Waals surface area contributed by atoms with Crippen molar-refractivity contribution in [3.05, 3.63) is 12.7 Å². The molecule has 0 bridgehead atoms. The highest BCUT2D eigenvalue weighted by molar-refractivity contribution is 4.95. The predicted octanol–water partition coefficient (Wildman–Crippen LogP) is 0.815. The van der Waals surface area contributed by atoms with E-state index in [0.29, 0.717) is 6.61 Å². The normalized spacial score (nSPS) is 44.4. The Labute approximate surface area is 101 Å². The van der Waals surface area contributed by atoms with E-state index in [-0.39, 0.29) is 6.10 Å². The fourth-order valence-electron chi connectivity index (χ4n) is 2.23.